The Bertz CT molecular complexity index is 896. The highest BCUT2D eigenvalue weighted by Gasteiger charge is 2.48. The Balaban J connectivity index is 1.49. The highest BCUT2D eigenvalue weighted by molar-refractivity contribution is 5.88. The van der Waals surface area contributed by atoms with Gasteiger partial charge in [-0.1, -0.05) is 12.1 Å². The van der Waals surface area contributed by atoms with E-state index in [2.05, 4.69) is 16.2 Å². The summed E-state index contributed by atoms with van der Waals surface area (Å²) in [5.41, 5.74) is 3.08. The molecule has 2 aromatic rings. The van der Waals surface area contributed by atoms with Crippen LogP contribution in [0.1, 0.15) is 41.9 Å². The molecule has 0 bridgehead atoms. The minimum Gasteiger partial charge on any atom is -0.379 e. The Labute approximate surface area is 175 Å². The third kappa shape index (κ3) is 3.99. The molecular weight excluding hydrogens is 387 g/mol. The second-order valence-corrected chi connectivity index (χ2v) is 8.37. The number of hydrogen-bond donors (Lipinski definition) is 2. The summed E-state index contributed by atoms with van der Waals surface area (Å²) in [5.74, 6) is -0.683. The molecule has 162 valence electrons. The fraction of sp³-hybridized carbons (Fsp3) is 0.545. The second kappa shape index (κ2) is 8.83. The number of morpholine rings is 1. The Kier molecular flexibility index (Phi) is 6.17. The molecule has 2 aliphatic rings. The van der Waals surface area contributed by atoms with Gasteiger partial charge in [-0.15, -0.1) is 0 Å². The van der Waals surface area contributed by atoms with E-state index in [-0.39, 0.29) is 11.7 Å². The van der Waals surface area contributed by atoms with Gasteiger partial charge in [-0.3, -0.25) is 19.6 Å². The molecule has 0 radical (unpaired) electrons. The first-order chi connectivity index (χ1) is 14.5. The van der Waals surface area contributed by atoms with Crippen LogP contribution in [-0.2, 0) is 21.5 Å². The molecule has 2 atom stereocenters. The fourth-order valence-electron chi connectivity index (χ4n) is 4.92. The second-order valence-electron chi connectivity index (χ2n) is 8.37. The van der Waals surface area contributed by atoms with E-state index in [1.165, 1.54) is 6.07 Å². The first kappa shape index (κ1) is 21.0. The Morgan fingerprint density at radius 1 is 1.37 bits per heavy atom. The van der Waals surface area contributed by atoms with Crippen molar-refractivity contribution in [3.8, 4) is 0 Å². The first-order valence-electron chi connectivity index (χ1n) is 10.6. The van der Waals surface area contributed by atoms with Crippen LogP contribution in [0.4, 0.5) is 4.39 Å². The van der Waals surface area contributed by atoms with E-state index < -0.39 is 11.3 Å². The van der Waals surface area contributed by atoms with Crippen molar-refractivity contribution in [2.45, 2.75) is 44.1 Å². The third-order valence-corrected chi connectivity index (χ3v) is 6.71. The van der Waals surface area contributed by atoms with Crippen molar-refractivity contribution in [2.75, 3.05) is 32.8 Å². The first-order valence-corrected chi connectivity index (χ1v) is 10.6. The van der Waals surface area contributed by atoms with Crippen LogP contribution in [0.5, 0.6) is 0 Å². The van der Waals surface area contributed by atoms with Gasteiger partial charge in [0.1, 0.15) is 5.82 Å². The average Bonchev–Trinajstić information content (AvgIpc) is 3.42. The maximum Gasteiger partial charge on any atom is 0.254 e. The Hall–Kier alpha value is -2.29. The zero-order chi connectivity index (χ0) is 21.1. The highest BCUT2D eigenvalue weighted by atomic mass is 19.1. The Morgan fingerprint density at radius 2 is 2.17 bits per heavy atom. The number of carbonyl (C=O) groups excluding carboxylic acids is 1. The van der Waals surface area contributed by atoms with Gasteiger partial charge in [-0.25, -0.2) is 9.87 Å². The molecule has 2 heterocycles. The number of benzene rings is 1. The number of carbonyl (C=O) groups is 1. The number of rotatable bonds is 6. The van der Waals surface area contributed by atoms with Crippen molar-refractivity contribution in [2.24, 2.45) is 0 Å². The van der Waals surface area contributed by atoms with Crippen molar-refractivity contribution in [3.63, 3.8) is 0 Å². The van der Waals surface area contributed by atoms with Gasteiger partial charge in [0.2, 0.25) is 0 Å². The minimum absolute atomic E-state index is 0.127. The molecular formula is C22H29FN4O3. The van der Waals surface area contributed by atoms with Gasteiger partial charge in [0.25, 0.3) is 5.91 Å². The van der Waals surface area contributed by atoms with E-state index in [1.54, 1.807) is 19.1 Å². The SMILES string of the molecule is Cc1c(F)cccc1[C@]1(C(=O)NO)CCC(c2cnn(CCN3CCOCC3)c2)C1. The molecule has 1 aromatic carbocycles. The summed E-state index contributed by atoms with van der Waals surface area (Å²) >= 11 is 0. The molecule has 1 amide bonds. The third-order valence-electron chi connectivity index (χ3n) is 6.71. The number of hydrogen-bond acceptors (Lipinski definition) is 5. The maximum atomic E-state index is 14.2. The summed E-state index contributed by atoms with van der Waals surface area (Å²) in [7, 11) is 0. The molecule has 4 rings (SSSR count). The topological polar surface area (TPSA) is 79.6 Å². The molecule has 1 saturated carbocycles. The van der Waals surface area contributed by atoms with Crippen molar-refractivity contribution in [1.29, 1.82) is 0 Å². The largest absolute Gasteiger partial charge is 0.379 e. The molecule has 1 saturated heterocycles. The van der Waals surface area contributed by atoms with Gasteiger partial charge >= 0.3 is 0 Å². The zero-order valence-corrected chi connectivity index (χ0v) is 17.3. The number of hydroxylamine groups is 1. The van der Waals surface area contributed by atoms with Gasteiger partial charge in [0.05, 0.1) is 31.4 Å². The molecule has 1 aromatic heterocycles. The summed E-state index contributed by atoms with van der Waals surface area (Å²) in [4.78, 5) is 15.1. The van der Waals surface area contributed by atoms with E-state index in [1.807, 2.05) is 16.4 Å². The normalized spacial score (nSPS) is 24.8. The van der Waals surface area contributed by atoms with E-state index in [0.717, 1.165) is 51.4 Å². The summed E-state index contributed by atoms with van der Waals surface area (Å²) in [5, 5.41) is 13.9. The number of halogens is 1. The van der Waals surface area contributed by atoms with Crippen LogP contribution < -0.4 is 5.48 Å². The van der Waals surface area contributed by atoms with Crippen LogP contribution in [0.25, 0.3) is 0 Å². The average molecular weight is 416 g/mol. The monoisotopic (exact) mass is 416 g/mol. The zero-order valence-electron chi connectivity index (χ0n) is 17.3. The number of amides is 1. The van der Waals surface area contributed by atoms with E-state index >= 15 is 0 Å². The van der Waals surface area contributed by atoms with Gasteiger partial charge in [-0.2, -0.15) is 5.10 Å². The number of nitrogens with zero attached hydrogens (tertiary/aromatic N) is 3. The quantitative estimate of drug-likeness (QED) is 0.558. The highest BCUT2D eigenvalue weighted by Crippen LogP contribution is 2.49. The molecule has 8 heteroatoms. The molecule has 1 aliphatic carbocycles. The number of ether oxygens (including phenoxy) is 1. The molecule has 7 nitrogen and oxygen atoms in total. The standard InChI is InChI=1S/C22H29FN4O3/c1-16-19(3-2-4-20(16)23)22(21(28)25-29)6-5-17(13-22)18-14-24-27(15-18)8-7-26-9-11-30-12-10-26/h2-4,14-15,17,29H,5-13H2,1H3,(H,25,28)/t17?,22-/m0/s1. The van der Waals surface area contributed by atoms with Crippen molar-refractivity contribution in [3.05, 3.63) is 53.1 Å². The summed E-state index contributed by atoms with van der Waals surface area (Å²) < 4.78 is 21.5. The van der Waals surface area contributed by atoms with Gasteiger partial charge in [0, 0.05) is 25.8 Å². The summed E-state index contributed by atoms with van der Waals surface area (Å²) in [6, 6.07) is 4.82. The van der Waals surface area contributed by atoms with Crippen LogP contribution >= 0.6 is 0 Å². The lowest BCUT2D eigenvalue weighted by Gasteiger charge is -2.29. The smallest absolute Gasteiger partial charge is 0.254 e. The van der Waals surface area contributed by atoms with Crippen LogP contribution in [0.15, 0.2) is 30.6 Å². The van der Waals surface area contributed by atoms with Crippen LogP contribution in [-0.4, -0.2) is 58.6 Å². The molecule has 1 unspecified atom stereocenters. The van der Waals surface area contributed by atoms with Crippen molar-refractivity contribution >= 4 is 5.91 Å². The Morgan fingerprint density at radius 3 is 2.93 bits per heavy atom. The number of nitrogens with one attached hydrogen (secondary N) is 1. The van der Waals surface area contributed by atoms with Crippen molar-refractivity contribution < 1.29 is 19.1 Å². The van der Waals surface area contributed by atoms with E-state index in [4.69, 9.17) is 4.74 Å². The minimum atomic E-state index is -0.943. The van der Waals surface area contributed by atoms with Crippen molar-refractivity contribution in [1.82, 2.24) is 20.2 Å². The lowest BCUT2D eigenvalue weighted by atomic mass is 9.75. The molecule has 2 N–H and O–H groups in total. The lowest BCUT2D eigenvalue weighted by Crippen LogP contribution is -2.42. The summed E-state index contributed by atoms with van der Waals surface area (Å²) in [6.45, 7) is 6.87. The van der Waals surface area contributed by atoms with E-state index in [9.17, 15) is 14.4 Å². The van der Waals surface area contributed by atoms with E-state index in [0.29, 0.717) is 24.0 Å². The predicted molar refractivity (Wildman–Crippen MR) is 109 cm³/mol. The van der Waals surface area contributed by atoms with Gasteiger partial charge < -0.3 is 4.74 Å². The van der Waals surface area contributed by atoms with Crippen LogP contribution in [0.2, 0.25) is 0 Å². The van der Waals surface area contributed by atoms with Crippen LogP contribution in [0, 0.1) is 12.7 Å². The molecule has 30 heavy (non-hydrogen) atoms. The lowest BCUT2D eigenvalue weighted by molar-refractivity contribution is -0.135. The molecule has 1 aliphatic heterocycles. The molecule has 0 spiro atoms. The van der Waals surface area contributed by atoms with Gasteiger partial charge in [0.15, 0.2) is 0 Å². The predicted octanol–water partition coefficient (Wildman–Crippen LogP) is 2.37. The molecule has 2 fully saturated rings. The summed E-state index contributed by atoms with van der Waals surface area (Å²) in [6.07, 6.45) is 5.76. The van der Waals surface area contributed by atoms with Crippen LogP contribution in [0.3, 0.4) is 0 Å². The maximum absolute atomic E-state index is 14.2. The van der Waals surface area contributed by atoms with Gasteiger partial charge in [-0.05, 0) is 54.9 Å². The fourth-order valence-corrected chi connectivity index (χ4v) is 4.92. The number of aromatic nitrogens is 2.